The van der Waals surface area contributed by atoms with Crippen LogP contribution in [0.4, 0.5) is 0 Å². The molecule has 0 bridgehead atoms. The SMILES string of the molecule is CC(C)S(=O)(=O)CCCOc1cccc(C#N)c1. The Balaban J connectivity index is 2.41. The summed E-state index contributed by atoms with van der Waals surface area (Å²) in [5.74, 6) is 0.721. The van der Waals surface area contributed by atoms with E-state index in [0.29, 0.717) is 24.3 Å². The number of rotatable bonds is 6. The van der Waals surface area contributed by atoms with E-state index in [9.17, 15) is 8.42 Å². The number of nitrogens with zero attached hydrogens (tertiary/aromatic N) is 1. The Morgan fingerprint density at radius 1 is 1.39 bits per heavy atom. The molecule has 0 spiro atoms. The highest BCUT2D eigenvalue weighted by Gasteiger charge is 2.15. The van der Waals surface area contributed by atoms with E-state index >= 15 is 0 Å². The van der Waals surface area contributed by atoms with Gasteiger partial charge in [0, 0.05) is 0 Å². The van der Waals surface area contributed by atoms with E-state index in [1.165, 1.54) is 0 Å². The second kappa shape index (κ2) is 6.41. The Bertz CT molecular complexity index is 529. The molecule has 0 unspecified atom stereocenters. The average Bonchev–Trinajstić information content (AvgIpc) is 2.35. The predicted octanol–water partition coefficient (Wildman–Crippen LogP) is 2.15. The van der Waals surface area contributed by atoms with Crippen LogP contribution in [0.1, 0.15) is 25.8 Å². The average molecular weight is 267 g/mol. The Labute approximate surface area is 108 Å². The van der Waals surface area contributed by atoms with Crippen LogP contribution in [0.25, 0.3) is 0 Å². The van der Waals surface area contributed by atoms with Crippen LogP contribution in [0.2, 0.25) is 0 Å². The molecule has 0 atom stereocenters. The topological polar surface area (TPSA) is 67.2 Å². The summed E-state index contributed by atoms with van der Waals surface area (Å²) in [5.41, 5.74) is 0.530. The molecule has 18 heavy (non-hydrogen) atoms. The lowest BCUT2D eigenvalue weighted by Gasteiger charge is -2.08. The van der Waals surface area contributed by atoms with Crippen LogP contribution < -0.4 is 4.74 Å². The van der Waals surface area contributed by atoms with Gasteiger partial charge in [0.25, 0.3) is 0 Å². The molecule has 0 saturated carbocycles. The van der Waals surface area contributed by atoms with Crippen molar-refractivity contribution < 1.29 is 13.2 Å². The summed E-state index contributed by atoms with van der Waals surface area (Å²) < 4.78 is 28.5. The van der Waals surface area contributed by atoms with Crippen LogP contribution in [0.5, 0.6) is 5.75 Å². The van der Waals surface area contributed by atoms with Gasteiger partial charge in [-0.05, 0) is 38.5 Å². The number of benzene rings is 1. The van der Waals surface area contributed by atoms with Gasteiger partial charge in [0.2, 0.25) is 0 Å². The standard InChI is InChI=1S/C13H17NO3S/c1-11(2)18(15,16)8-4-7-17-13-6-3-5-12(9-13)10-14/h3,5-6,9,11H,4,7-8H2,1-2H3. The van der Waals surface area contributed by atoms with Gasteiger partial charge in [0.15, 0.2) is 9.84 Å². The number of sulfone groups is 1. The number of hydrogen-bond donors (Lipinski definition) is 0. The highest BCUT2D eigenvalue weighted by atomic mass is 32.2. The first kappa shape index (κ1) is 14.5. The van der Waals surface area contributed by atoms with Crippen molar-refractivity contribution in [3.05, 3.63) is 29.8 Å². The summed E-state index contributed by atoms with van der Waals surface area (Å²) in [5, 5.41) is 8.37. The maximum atomic E-state index is 11.5. The summed E-state index contributed by atoms with van der Waals surface area (Å²) >= 11 is 0. The molecular weight excluding hydrogens is 250 g/mol. The zero-order valence-corrected chi connectivity index (χ0v) is 11.4. The molecule has 1 rings (SSSR count). The Morgan fingerprint density at radius 2 is 2.11 bits per heavy atom. The molecule has 0 aliphatic rings. The Kier molecular flexibility index (Phi) is 5.17. The smallest absolute Gasteiger partial charge is 0.152 e. The van der Waals surface area contributed by atoms with E-state index in [2.05, 4.69) is 0 Å². The minimum absolute atomic E-state index is 0.128. The van der Waals surface area contributed by atoms with Gasteiger partial charge in [-0.15, -0.1) is 0 Å². The van der Waals surface area contributed by atoms with E-state index in [0.717, 1.165) is 0 Å². The predicted molar refractivity (Wildman–Crippen MR) is 70.2 cm³/mol. The summed E-state index contributed by atoms with van der Waals surface area (Å²) in [6.07, 6.45) is 0.456. The normalized spacial score (nSPS) is 11.2. The zero-order valence-electron chi connectivity index (χ0n) is 10.6. The third kappa shape index (κ3) is 4.38. The van der Waals surface area contributed by atoms with Crippen molar-refractivity contribution in [3.63, 3.8) is 0 Å². The van der Waals surface area contributed by atoms with Crippen molar-refractivity contribution >= 4 is 9.84 Å². The number of hydrogen-bond acceptors (Lipinski definition) is 4. The highest BCUT2D eigenvalue weighted by Crippen LogP contribution is 2.13. The van der Waals surface area contributed by atoms with Crippen molar-refractivity contribution in [2.24, 2.45) is 0 Å². The van der Waals surface area contributed by atoms with Crippen molar-refractivity contribution in [3.8, 4) is 11.8 Å². The lowest BCUT2D eigenvalue weighted by Crippen LogP contribution is -2.19. The van der Waals surface area contributed by atoms with Crippen LogP contribution in [0.15, 0.2) is 24.3 Å². The van der Waals surface area contributed by atoms with Crippen LogP contribution in [0.3, 0.4) is 0 Å². The van der Waals surface area contributed by atoms with Crippen LogP contribution in [0, 0.1) is 11.3 Å². The molecule has 0 aliphatic heterocycles. The maximum absolute atomic E-state index is 11.5. The fourth-order valence-electron chi connectivity index (χ4n) is 1.34. The van der Waals surface area contributed by atoms with Crippen LogP contribution >= 0.6 is 0 Å². The minimum atomic E-state index is -3.00. The van der Waals surface area contributed by atoms with Crippen molar-refractivity contribution in [1.82, 2.24) is 0 Å². The molecular formula is C13H17NO3S. The van der Waals surface area contributed by atoms with Crippen molar-refractivity contribution in [1.29, 1.82) is 5.26 Å². The van der Waals surface area contributed by atoms with Gasteiger partial charge in [-0.3, -0.25) is 0 Å². The molecule has 0 saturated heterocycles. The van der Waals surface area contributed by atoms with E-state index in [1.807, 2.05) is 6.07 Å². The molecule has 1 aromatic carbocycles. The quantitative estimate of drug-likeness (QED) is 0.741. The minimum Gasteiger partial charge on any atom is -0.494 e. The third-order valence-corrected chi connectivity index (χ3v) is 4.82. The molecule has 0 radical (unpaired) electrons. The molecule has 1 aromatic rings. The maximum Gasteiger partial charge on any atom is 0.152 e. The van der Waals surface area contributed by atoms with Gasteiger partial charge in [0.05, 0.1) is 29.2 Å². The van der Waals surface area contributed by atoms with Crippen molar-refractivity contribution in [2.75, 3.05) is 12.4 Å². The highest BCUT2D eigenvalue weighted by molar-refractivity contribution is 7.91. The first-order chi connectivity index (χ1) is 8.45. The largest absolute Gasteiger partial charge is 0.494 e. The summed E-state index contributed by atoms with van der Waals surface area (Å²) in [6.45, 7) is 3.68. The molecule has 0 aromatic heterocycles. The van der Waals surface area contributed by atoms with Gasteiger partial charge < -0.3 is 4.74 Å². The van der Waals surface area contributed by atoms with Gasteiger partial charge in [-0.25, -0.2) is 8.42 Å². The molecule has 0 heterocycles. The fraction of sp³-hybridized carbons (Fsp3) is 0.462. The molecule has 4 nitrogen and oxygen atoms in total. The van der Waals surface area contributed by atoms with Gasteiger partial charge in [-0.1, -0.05) is 6.07 Å². The first-order valence-electron chi connectivity index (χ1n) is 5.80. The van der Waals surface area contributed by atoms with E-state index in [4.69, 9.17) is 10.00 Å². The summed E-state index contributed by atoms with van der Waals surface area (Å²) in [7, 11) is -3.00. The molecule has 5 heteroatoms. The van der Waals surface area contributed by atoms with E-state index < -0.39 is 9.84 Å². The summed E-state index contributed by atoms with van der Waals surface area (Å²) in [6, 6.07) is 8.83. The fourth-order valence-corrected chi connectivity index (χ4v) is 2.33. The lowest BCUT2D eigenvalue weighted by atomic mass is 10.2. The van der Waals surface area contributed by atoms with Crippen LogP contribution in [-0.4, -0.2) is 26.0 Å². The monoisotopic (exact) mass is 267 g/mol. The molecule has 0 aliphatic carbocycles. The molecule has 98 valence electrons. The Hall–Kier alpha value is -1.54. The lowest BCUT2D eigenvalue weighted by molar-refractivity contribution is 0.317. The molecule has 0 N–H and O–H groups in total. The first-order valence-corrected chi connectivity index (χ1v) is 7.52. The van der Waals surface area contributed by atoms with Gasteiger partial charge in [-0.2, -0.15) is 5.26 Å². The second-order valence-corrected chi connectivity index (χ2v) is 6.93. The second-order valence-electron chi connectivity index (χ2n) is 4.26. The number of ether oxygens (including phenoxy) is 1. The third-order valence-electron chi connectivity index (χ3n) is 2.52. The van der Waals surface area contributed by atoms with E-state index in [1.54, 1.807) is 38.1 Å². The molecule has 0 amide bonds. The van der Waals surface area contributed by atoms with Gasteiger partial charge >= 0.3 is 0 Å². The summed E-state index contributed by atoms with van der Waals surface area (Å²) in [4.78, 5) is 0. The van der Waals surface area contributed by atoms with Crippen molar-refractivity contribution in [2.45, 2.75) is 25.5 Å². The Morgan fingerprint density at radius 3 is 2.72 bits per heavy atom. The molecule has 0 fully saturated rings. The van der Waals surface area contributed by atoms with E-state index in [-0.39, 0.29) is 11.0 Å². The van der Waals surface area contributed by atoms with Gasteiger partial charge in [0.1, 0.15) is 5.75 Å². The zero-order chi connectivity index (χ0) is 13.6. The number of nitriles is 1. The van der Waals surface area contributed by atoms with Crippen LogP contribution in [-0.2, 0) is 9.84 Å².